The summed E-state index contributed by atoms with van der Waals surface area (Å²) in [6.07, 6.45) is 6.14. The van der Waals surface area contributed by atoms with Gasteiger partial charge >= 0.3 is 5.51 Å². The Kier molecular flexibility index (Phi) is 4.90. The van der Waals surface area contributed by atoms with Crippen LogP contribution in [0.25, 0.3) is 0 Å². The predicted molar refractivity (Wildman–Crippen MR) is 46.3 cm³/mol. The fourth-order valence-electron chi connectivity index (χ4n) is 0.689. The second-order valence-corrected chi connectivity index (χ2v) is 2.88. The van der Waals surface area contributed by atoms with Crippen LogP contribution in [0.2, 0.25) is 0 Å². The van der Waals surface area contributed by atoms with E-state index in [9.17, 15) is 13.2 Å². The lowest BCUT2D eigenvalue weighted by atomic mass is 10.7. The number of thiol groups is 1. The van der Waals surface area contributed by atoms with Gasteiger partial charge in [0.15, 0.2) is 0 Å². The molecule has 13 heavy (non-hydrogen) atoms. The number of halogens is 3. The van der Waals surface area contributed by atoms with Crippen LogP contribution in [-0.4, -0.2) is 10.1 Å². The lowest BCUT2D eigenvalue weighted by Crippen LogP contribution is -2.23. The first-order chi connectivity index (χ1) is 5.83. The molecular formula is C7H12F3N2S+. The minimum atomic E-state index is -4.31. The fourth-order valence-corrected chi connectivity index (χ4v) is 0.689. The van der Waals surface area contributed by atoms with Gasteiger partial charge in [0.25, 0.3) is 0 Å². The van der Waals surface area contributed by atoms with Crippen LogP contribution in [0.5, 0.6) is 0 Å². The van der Waals surface area contributed by atoms with Crippen LogP contribution >= 0.6 is 12.6 Å². The van der Waals surface area contributed by atoms with Crippen molar-refractivity contribution in [3.63, 3.8) is 0 Å². The number of aryl methyl sites for hydroxylation is 2. The van der Waals surface area contributed by atoms with Crippen LogP contribution in [-0.2, 0) is 13.6 Å². The molecule has 0 aliphatic carbocycles. The summed E-state index contributed by atoms with van der Waals surface area (Å²) >= 11 is 2.12. The Hall–Kier alpha value is -0.650. The van der Waals surface area contributed by atoms with Crippen molar-refractivity contribution in [1.82, 2.24) is 4.57 Å². The molecule has 1 aromatic rings. The lowest BCUT2D eigenvalue weighted by Gasteiger charge is -1.87. The van der Waals surface area contributed by atoms with E-state index in [2.05, 4.69) is 36.6 Å². The van der Waals surface area contributed by atoms with Crippen molar-refractivity contribution in [1.29, 1.82) is 0 Å². The molecule has 6 heteroatoms. The average Bonchev–Trinajstić information content (AvgIpc) is 2.31. The highest BCUT2D eigenvalue weighted by Crippen LogP contribution is 2.17. The highest BCUT2D eigenvalue weighted by Gasteiger charge is 2.17. The maximum atomic E-state index is 10.2. The molecule has 0 N–H and O–H groups in total. The number of nitrogens with zero attached hydrogens (tertiary/aromatic N) is 2. The van der Waals surface area contributed by atoms with E-state index < -0.39 is 5.51 Å². The van der Waals surface area contributed by atoms with Gasteiger partial charge in [-0.3, -0.25) is 0 Å². The largest absolute Gasteiger partial charge is 0.438 e. The summed E-state index contributed by atoms with van der Waals surface area (Å²) in [5.41, 5.74) is -4.31. The Morgan fingerprint density at radius 3 is 2.08 bits per heavy atom. The molecular weight excluding hydrogens is 201 g/mol. The summed E-state index contributed by atoms with van der Waals surface area (Å²) in [4.78, 5) is 0. The Bertz CT molecular complexity index is 238. The third-order valence-electron chi connectivity index (χ3n) is 1.19. The minimum Gasteiger partial charge on any atom is -0.240 e. The van der Waals surface area contributed by atoms with Crippen LogP contribution in [0, 0.1) is 0 Å². The van der Waals surface area contributed by atoms with Crippen LogP contribution < -0.4 is 4.57 Å². The molecule has 0 saturated heterocycles. The highest BCUT2D eigenvalue weighted by atomic mass is 32.1. The number of alkyl halides is 3. The molecule has 0 aliphatic rings. The molecule has 1 aromatic heterocycles. The molecule has 1 heterocycles. The second-order valence-electron chi connectivity index (χ2n) is 2.38. The van der Waals surface area contributed by atoms with Gasteiger partial charge in [-0.15, -0.1) is 0 Å². The van der Waals surface area contributed by atoms with Crippen molar-refractivity contribution in [3.05, 3.63) is 18.7 Å². The lowest BCUT2D eigenvalue weighted by molar-refractivity contribution is -0.671. The Balaban J connectivity index is 0.000000252. The van der Waals surface area contributed by atoms with Crippen molar-refractivity contribution in [2.24, 2.45) is 7.05 Å². The van der Waals surface area contributed by atoms with Crippen LogP contribution in [0.3, 0.4) is 0 Å². The number of hydrogen-bond acceptors (Lipinski definition) is 1. The van der Waals surface area contributed by atoms with Gasteiger partial charge in [-0.25, -0.2) is 9.13 Å². The smallest absolute Gasteiger partial charge is 0.240 e. The molecule has 2 nitrogen and oxygen atoms in total. The van der Waals surface area contributed by atoms with Gasteiger partial charge < -0.3 is 0 Å². The third-order valence-corrected chi connectivity index (χ3v) is 1.19. The molecule has 0 atom stereocenters. The van der Waals surface area contributed by atoms with Crippen LogP contribution in [0.4, 0.5) is 13.2 Å². The van der Waals surface area contributed by atoms with E-state index in [0.717, 1.165) is 6.54 Å². The molecule has 76 valence electrons. The summed E-state index contributed by atoms with van der Waals surface area (Å²) in [6, 6.07) is 0. The fraction of sp³-hybridized carbons (Fsp3) is 0.571. The van der Waals surface area contributed by atoms with E-state index in [0.29, 0.717) is 0 Å². The van der Waals surface area contributed by atoms with Gasteiger partial charge in [0.2, 0.25) is 6.33 Å². The van der Waals surface area contributed by atoms with E-state index in [4.69, 9.17) is 0 Å². The molecule has 0 saturated carbocycles. The maximum Gasteiger partial charge on any atom is 0.438 e. The Morgan fingerprint density at radius 2 is 1.92 bits per heavy atom. The zero-order valence-corrected chi connectivity index (χ0v) is 8.31. The van der Waals surface area contributed by atoms with Gasteiger partial charge in [-0.1, -0.05) is 12.6 Å². The van der Waals surface area contributed by atoms with Gasteiger partial charge in [0, 0.05) is 0 Å². The van der Waals surface area contributed by atoms with Gasteiger partial charge in [-0.05, 0) is 6.92 Å². The Morgan fingerprint density at radius 1 is 1.46 bits per heavy atom. The zero-order valence-electron chi connectivity index (χ0n) is 7.41. The van der Waals surface area contributed by atoms with E-state index in [1.54, 1.807) is 0 Å². The zero-order chi connectivity index (χ0) is 10.5. The monoisotopic (exact) mass is 213 g/mol. The maximum absolute atomic E-state index is 10.2. The topological polar surface area (TPSA) is 8.81 Å². The van der Waals surface area contributed by atoms with Crippen molar-refractivity contribution < 1.29 is 17.7 Å². The van der Waals surface area contributed by atoms with E-state index in [1.165, 1.54) is 0 Å². The average molecular weight is 213 g/mol. The number of imidazole rings is 1. The predicted octanol–water partition coefficient (Wildman–Crippen LogP) is 1.77. The first-order valence-corrected chi connectivity index (χ1v) is 4.07. The number of rotatable bonds is 1. The minimum absolute atomic E-state index is 1.06. The number of hydrogen-bond donors (Lipinski definition) is 1. The standard InChI is InChI=1S/C6H11N2.CHF3S/c1-3-8-5-4-7(2)6-8;2-1(3,4)5/h4-6H,3H2,1-2H3;5H/q+1;. The molecule has 0 bridgehead atoms. The molecule has 0 radical (unpaired) electrons. The van der Waals surface area contributed by atoms with E-state index in [1.807, 2.05) is 17.8 Å². The van der Waals surface area contributed by atoms with Crippen LogP contribution in [0.1, 0.15) is 6.92 Å². The second kappa shape index (κ2) is 5.16. The van der Waals surface area contributed by atoms with Crippen molar-refractivity contribution in [3.8, 4) is 0 Å². The van der Waals surface area contributed by atoms with E-state index in [-0.39, 0.29) is 0 Å². The summed E-state index contributed by atoms with van der Waals surface area (Å²) in [6.45, 7) is 3.18. The van der Waals surface area contributed by atoms with Crippen molar-refractivity contribution in [2.45, 2.75) is 19.0 Å². The first-order valence-electron chi connectivity index (χ1n) is 3.63. The third kappa shape index (κ3) is 9.26. The molecule has 0 amide bonds. The van der Waals surface area contributed by atoms with E-state index >= 15 is 0 Å². The van der Waals surface area contributed by atoms with Crippen molar-refractivity contribution >= 4 is 12.6 Å². The molecule has 0 fully saturated rings. The summed E-state index contributed by atoms with van der Waals surface area (Å²) < 4.78 is 34.8. The molecule has 0 spiro atoms. The molecule has 0 aromatic carbocycles. The van der Waals surface area contributed by atoms with Crippen molar-refractivity contribution in [2.75, 3.05) is 0 Å². The summed E-state index contributed by atoms with van der Waals surface area (Å²) in [5, 5.41) is 0. The first kappa shape index (κ1) is 12.3. The SMILES string of the molecule is CCn1cc[n+](C)c1.FC(F)(F)S. The number of aromatic nitrogens is 2. The highest BCUT2D eigenvalue weighted by molar-refractivity contribution is 7.81. The van der Waals surface area contributed by atoms with Gasteiger partial charge in [0.1, 0.15) is 12.4 Å². The normalized spacial score (nSPS) is 10.6. The molecule has 1 rings (SSSR count). The quantitative estimate of drug-likeness (QED) is 0.537. The summed E-state index contributed by atoms with van der Waals surface area (Å²) in [5.74, 6) is 0. The molecule has 0 unspecified atom stereocenters. The Labute approximate surface area is 80.4 Å². The van der Waals surface area contributed by atoms with Gasteiger partial charge in [-0.2, -0.15) is 13.2 Å². The van der Waals surface area contributed by atoms with Gasteiger partial charge in [0.05, 0.1) is 13.6 Å². The molecule has 0 aliphatic heterocycles. The van der Waals surface area contributed by atoms with Crippen LogP contribution in [0.15, 0.2) is 18.7 Å². The summed E-state index contributed by atoms with van der Waals surface area (Å²) in [7, 11) is 2.02.